The van der Waals surface area contributed by atoms with Crippen LogP contribution in [0.25, 0.3) is 6.08 Å². The standard InChI is InChI=1S/C27H28N2O5S/c1-6-33-26(31)23-17(4)28-27-29(24(23)19-10-8-7-9-11-19)25(30)22(35-27)15-18-12-13-20(34-16(2)3)21(14-18)32-5/h7-16,24H,6H2,1-5H3/b22-15-/t24-/m0/s1. The van der Waals surface area contributed by atoms with E-state index in [-0.39, 0.29) is 18.3 Å². The van der Waals surface area contributed by atoms with E-state index in [0.717, 1.165) is 11.1 Å². The van der Waals surface area contributed by atoms with Crippen molar-refractivity contribution in [2.24, 2.45) is 4.99 Å². The van der Waals surface area contributed by atoms with Gasteiger partial charge < -0.3 is 14.2 Å². The Labute approximate surface area is 207 Å². The van der Waals surface area contributed by atoms with E-state index in [1.54, 1.807) is 31.6 Å². The number of nitrogens with zero attached hydrogens (tertiary/aromatic N) is 2. The lowest BCUT2D eigenvalue weighted by molar-refractivity contribution is -0.139. The summed E-state index contributed by atoms with van der Waals surface area (Å²) in [5, 5.41) is 0. The van der Waals surface area contributed by atoms with Crippen LogP contribution in [-0.2, 0) is 9.53 Å². The zero-order valence-corrected chi connectivity index (χ0v) is 21.2. The van der Waals surface area contributed by atoms with Crippen LogP contribution in [0.2, 0.25) is 0 Å². The van der Waals surface area contributed by atoms with Crippen LogP contribution in [0.15, 0.2) is 69.6 Å². The Kier molecular flexibility index (Phi) is 7.21. The van der Waals surface area contributed by atoms with E-state index in [0.29, 0.717) is 32.1 Å². The fourth-order valence-electron chi connectivity index (χ4n) is 4.02. The van der Waals surface area contributed by atoms with Gasteiger partial charge in [0.1, 0.15) is 0 Å². The molecule has 1 aliphatic heterocycles. The highest BCUT2D eigenvalue weighted by Crippen LogP contribution is 2.31. The van der Waals surface area contributed by atoms with Crippen molar-refractivity contribution in [2.45, 2.75) is 39.8 Å². The van der Waals surface area contributed by atoms with Gasteiger partial charge in [-0.3, -0.25) is 9.36 Å². The molecule has 1 aliphatic rings. The van der Waals surface area contributed by atoms with Crippen LogP contribution >= 0.6 is 11.3 Å². The molecule has 1 aromatic heterocycles. The van der Waals surface area contributed by atoms with E-state index in [4.69, 9.17) is 14.2 Å². The molecule has 182 valence electrons. The summed E-state index contributed by atoms with van der Waals surface area (Å²) in [6, 6.07) is 14.4. The van der Waals surface area contributed by atoms with Crippen molar-refractivity contribution < 1.29 is 19.0 Å². The lowest BCUT2D eigenvalue weighted by atomic mass is 9.96. The van der Waals surface area contributed by atoms with Gasteiger partial charge in [-0.1, -0.05) is 47.7 Å². The summed E-state index contributed by atoms with van der Waals surface area (Å²) in [5.74, 6) is 0.755. The Morgan fingerprint density at radius 1 is 1.17 bits per heavy atom. The van der Waals surface area contributed by atoms with Gasteiger partial charge in [0.25, 0.3) is 5.56 Å². The largest absolute Gasteiger partial charge is 0.493 e. The number of rotatable bonds is 7. The maximum atomic E-state index is 13.7. The number of hydrogen-bond acceptors (Lipinski definition) is 7. The Morgan fingerprint density at radius 3 is 2.57 bits per heavy atom. The Hall–Kier alpha value is -3.65. The zero-order valence-electron chi connectivity index (χ0n) is 20.4. The molecular weight excluding hydrogens is 464 g/mol. The third-order valence-electron chi connectivity index (χ3n) is 5.48. The average molecular weight is 493 g/mol. The first-order chi connectivity index (χ1) is 16.8. The van der Waals surface area contributed by atoms with Gasteiger partial charge in [-0.2, -0.15) is 0 Å². The SMILES string of the molecule is CCOC(=O)C1=C(C)N=c2s/c(=C\c3ccc(OC(C)C)c(OC)c3)c(=O)n2[C@H]1c1ccccc1. The minimum absolute atomic E-state index is 0.00765. The summed E-state index contributed by atoms with van der Waals surface area (Å²) < 4.78 is 18.7. The zero-order chi connectivity index (χ0) is 25.1. The van der Waals surface area contributed by atoms with Gasteiger partial charge in [-0.05, 0) is 57.0 Å². The molecule has 4 rings (SSSR count). The Balaban J connectivity index is 1.87. The summed E-state index contributed by atoms with van der Waals surface area (Å²) in [6.45, 7) is 7.66. The molecular formula is C27H28N2O5S. The first kappa shape index (κ1) is 24.5. The second-order valence-corrected chi connectivity index (χ2v) is 9.30. The quantitative estimate of drug-likeness (QED) is 0.471. The van der Waals surface area contributed by atoms with Crippen LogP contribution in [0.1, 0.15) is 44.9 Å². The van der Waals surface area contributed by atoms with Crippen molar-refractivity contribution in [3.63, 3.8) is 0 Å². The molecule has 0 spiro atoms. The van der Waals surface area contributed by atoms with Crippen LogP contribution in [0.4, 0.5) is 0 Å². The van der Waals surface area contributed by atoms with Crippen molar-refractivity contribution >= 4 is 23.4 Å². The van der Waals surface area contributed by atoms with Crippen LogP contribution in [0.3, 0.4) is 0 Å². The molecule has 0 N–H and O–H groups in total. The summed E-state index contributed by atoms with van der Waals surface area (Å²) in [5.41, 5.74) is 2.30. The van der Waals surface area contributed by atoms with Crippen LogP contribution in [-0.4, -0.2) is 30.4 Å². The Bertz CT molecular complexity index is 1450. The van der Waals surface area contributed by atoms with Crippen molar-refractivity contribution in [3.05, 3.63) is 90.6 Å². The first-order valence-electron chi connectivity index (χ1n) is 11.4. The van der Waals surface area contributed by atoms with E-state index < -0.39 is 12.0 Å². The number of esters is 1. The molecule has 35 heavy (non-hydrogen) atoms. The van der Waals surface area contributed by atoms with Gasteiger partial charge in [0.2, 0.25) is 0 Å². The van der Waals surface area contributed by atoms with E-state index in [9.17, 15) is 9.59 Å². The number of allylic oxidation sites excluding steroid dienone is 1. The molecule has 0 unspecified atom stereocenters. The van der Waals surface area contributed by atoms with Crippen LogP contribution in [0, 0.1) is 0 Å². The van der Waals surface area contributed by atoms with E-state index >= 15 is 0 Å². The van der Waals surface area contributed by atoms with Gasteiger partial charge in [-0.25, -0.2) is 9.79 Å². The predicted octanol–water partition coefficient (Wildman–Crippen LogP) is 3.59. The lowest BCUT2D eigenvalue weighted by Crippen LogP contribution is -2.39. The summed E-state index contributed by atoms with van der Waals surface area (Å²) in [6.07, 6.45) is 1.81. The van der Waals surface area contributed by atoms with Gasteiger partial charge in [0.05, 0.1) is 41.7 Å². The molecule has 2 heterocycles. The number of carbonyl (C=O) groups excluding carboxylic acids is 1. The molecule has 0 bridgehead atoms. The molecule has 0 saturated heterocycles. The molecule has 0 saturated carbocycles. The van der Waals surface area contributed by atoms with Crippen molar-refractivity contribution in [2.75, 3.05) is 13.7 Å². The monoisotopic (exact) mass is 492 g/mol. The maximum Gasteiger partial charge on any atom is 0.338 e. The molecule has 2 aromatic carbocycles. The topological polar surface area (TPSA) is 79.1 Å². The number of hydrogen-bond donors (Lipinski definition) is 0. The molecule has 3 aromatic rings. The number of ether oxygens (including phenoxy) is 3. The summed E-state index contributed by atoms with van der Waals surface area (Å²) in [7, 11) is 1.58. The smallest absolute Gasteiger partial charge is 0.338 e. The third kappa shape index (κ3) is 4.93. The highest BCUT2D eigenvalue weighted by atomic mass is 32.1. The number of benzene rings is 2. The lowest BCUT2D eigenvalue weighted by Gasteiger charge is -2.24. The minimum Gasteiger partial charge on any atom is -0.493 e. The maximum absolute atomic E-state index is 13.7. The predicted molar refractivity (Wildman–Crippen MR) is 136 cm³/mol. The number of methoxy groups -OCH3 is 1. The molecule has 1 atom stereocenters. The molecule has 0 radical (unpaired) electrons. The fourth-order valence-corrected chi connectivity index (χ4v) is 5.07. The molecule has 0 aliphatic carbocycles. The van der Waals surface area contributed by atoms with Crippen LogP contribution < -0.4 is 24.4 Å². The fraction of sp³-hybridized carbons (Fsp3) is 0.296. The van der Waals surface area contributed by atoms with E-state index in [1.165, 1.54) is 11.3 Å². The number of aromatic nitrogens is 1. The van der Waals surface area contributed by atoms with Crippen LogP contribution in [0.5, 0.6) is 11.5 Å². The van der Waals surface area contributed by atoms with Gasteiger partial charge in [-0.15, -0.1) is 0 Å². The summed E-state index contributed by atoms with van der Waals surface area (Å²) in [4.78, 5) is 31.7. The highest BCUT2D eigenvalue weighted by molar-refractivity contribution is 7.07. The van der Waals surface area contributed by atoms with Crippen molar-refractivity contribution in [3.8, 4) is 11.5 Å². The molecule has 0 amide bonds. The van der Waals surface area contributed by atoms with Gasteiger partial charge in [0.15, 0.2) is 16.3 Å². The van der Waals surface area contributed by atoms with Gasteiger partial charge in [0, 0.05) is 0 Å². The first-order valence-corrected chi connectivity index (χ1v) is 12.2. The molecule has 7 nitrogen and oxygen atoms in total. The second kappa shape index (κ2) is 10.3. The minimum atomic E-state index is -0.620. The average Bonchev–Trinajstić information content (AvgIpc) is 3.13. The van der Waals surface area contributed by atoms with E-state index in [1.807, 2.05) is 62.4 Å². The highest BCUT2D eigenvalue weighted by Gasteiger charge is 2.33. The number of fused-ring (bicyclic) bond motifs is 1. The number of carbonyl (C=O) groups is 1. The number of thiazole rings is 1. The molecule has 0 fully saturated rings. The van der Waals surface area contributed by atoms with Crippen molar-refractivity contribution in [1.82, 2.24) is 4.57 Å². The second-order valence-electron chi connectivity index (χ2n) is 8.29. The molecule has 8 heteroatoms. The van der Waals surface area contributed by atoms with Crippen molar-refractivity contribution in [1.29, 1.82) is 0 Å². The van der Waals surface area contributed by atoms with Gasteiger partial charge >= 0.3 is 5.97 Å². The Morgan fingerprint density at radius 2 is 1.91 bits per heavy atom. The normalized spacial score (nSPS) is 15.6. The summed E-state index contributed by atoms with van der Waals surface area (Å²) >= 11 is 1.28. The third-order valence-corrected chi connectivity index (χ3v) is 6.46. The van der Waals surface area contributed by atoms with E-state index in [2.05, 4.69) is 4.99 Å².